The lowest BCUT2D eigenvalue weighted by Crippen LogP contribution is -2.39. The third-order valence-electron chi connectivity index (χ3n) is 3.77. The van der Waals surface area contributed by atoms with E-state index in [0.29, 0.717) is 12.6 Å². The average molecular weight is 298 g/mol. The van der Waals surface area contributed by atoms with E-state index in [-0.39, 0.29) is 0 Å². The van der Waals surface area contributed by atoms with Gasteiger partial charge in [0.2, 0.25) is 0 Å². The number of hydrogen-bond donors (Lipinski definition) is 2. The quantitative estimate of drug-likeness (QED) is 0.652. The third kappa shape index (κ3) is 3.63. The first-order valence-corrected chi connectivity index (χ1v) is 7.74. The van der Waals surface area contributed by atoms with Crippen molar-refractivity contribution in [2.75, 3.05) is 6.54 Å². The number of pyridine rings is 1. The summed E-state index contributed by atoms with van der Waals surface area (Å²) in [6.45, 7) is 5.81. The number of guanidine groups is 1. The molecule has 2 unspecified atom stereocenters. The first-order valence-electron chi connectivity index (χ1n) is 7.74. The number of aromatic nitrogens is 3. The molecule has 2 aromatic heterocycles. The van der Waals surface area contributed by atoms with E-state index in [4.69, 9.17) is 0 Å². The molecule has 116 valence electrons. The van der Waals surface area contributed by atoms with Crippen LogP contribution in [0.1, 0.15) is 25.8 Å². The predicted molar refractivity (Wildman–Crippen MR) is 86.9 cm³/mol. The van der Waals surface area contributed by atoms with E-state index in [1.807, 2.05) is 23.0 Å². The number of nitrogens with zero attached hydrogens (tertiary/aromatic N) is 4. The molecule has 0 aliphatic heterocycles. The molecule has 0 bridgehead atoms. The molecule has 0 spiro atoms. The Hall–Kier alpha value is -2.37. The normalized spacial score (nSPS) is 20.7. The molecule has 6 nitrogen and oxygen atoms in total. The molecular weight excluding hydrogens is 276 g/mol. The lowest BCUT2D eigenvalue weighted by atomic mass is 10.3. The fraction of sp³-hybridized carbons (Fsp3) is 0.438. The summed E-state index contributed by atoms with van der Waals surface area (Å²) in [4.78, 5) is 13.1. The number of hydrogen-bond acceptors (Lipinski definition) is 3. The molecule has 2 atom stereocenters. The summed E-state index contributed by atoms with van der Waals surface area (Å²) in [5.74, 6) is 2.50. The SMILES string of the molecule is CCNC(=NCc1ccc(-n2ccnc2)nc1)NC1CC1C. The Kier molecular flexibility index (Phi) is 4.37. The molecule has 6 heteroatoms. The smallest absolute Gasteiger partial charge is 0.191 e. The molecular formula is C16H22N6. The molecule has 1 fully saturated rings. The first kappa shape index (κ1) is 14.6. The van der Waals surface area contributed by atoms with Gasteiger partial charge in [0.15, 0.2) is 5.96 Å². The fourth-order valence-electron chi connectivity index (χ4n) is 2.25. The zero-order valence-corrected chi connectivity index (χ0v) is 13.0. The Balaban J connectivity index is 1.62. The van der Waals surface area contributed by atoms with E-state index < -0.39 is 0 Å². The Morgan fingerprint density at radius 1 is 1.45 bits per heavy atom. The van der Waals surface area contributed by atoms with Crippen LogP contribution in [0.5, 0.6) is 0 Å². The van der Waals surface area contributed by atoms with E-state index in [0.717, 1.165) is 29.8 Å². The van der Waals surface area contributed by atoms with Gasteiger partial charge in [-0.15, -0.1) is 0 Å². The van der Waals surface area contributed by atoms with Gasteiger partial charge in [0.05, 0.1) is 6.54 Å². The molecule has 0 aromatic carbocycles. The summed E-state index contributed by atoms with van der Waals surface area (Å²) >= 11 is 0. The van der Waals surface area contributed by atoms with Crippen LogP contribution in [-0.4, -0.2) is 33.1 Å². The van der Waals surface area contributed by atoms with Crippen molar-refractivity contribution in [1.29, 1.82) is 0 Å². The van der Waals surface area contributed by atoms with Gasteiger partial charge in [-0.25, -0.2) is 15.0 Å². The van der Waals surface area contributed by atoms with E-state index in [9.17, 15) is 0 Å². The maximum absolute atomic E-state index is 4.63. The van der Waals surface area contributed by atoms with Crippen LogP contribution in [0.4, 0.5) is 0 Å². The predicted octanol–water partition coefficient (Wildman–Crippen LogP) is 1.73. The molecule has 2 aromatic rings. The molecule has 1 aliphatic rings. The van der Waals surface area contributed by atoms with Crippen molar-refractivity contribution in [2.45, 2.75) is 32.9 Å². The van der Waals surface area contributed by atoms with E-state index in [2.05, 4.69) is 45.5 Å². The molecule has 2 N–H and O–H groups in total. The first-order chi connectivity index (χ1) is 10.8. The van der Waals surface area contributed by atoms with Crippen LogP contribution < -0.4 is 10.6 Å². The summed E-state index contributed by atoms with van der Waals surface area (Å²) < 4.78 is 1.88. The molecule has 1 saturated carbocycles. The second-order valence-electron chi connectivity index (χ2n) is 5.65. The molecule has 0 amide bonds. The highest BCUT2D eigenvalue weighted by Gasteiger charge is 2.33. The van der Waals surface area contributed by atoms with Crippen molar-refractivity contribution in [3.63, 3.8) is 0 Å². The van der Waals surface area contributed by atoms with Crippen molar-refractivity contribution < 1.29 is 0 Å². The third-order valence-corrected chi connectivity index (χ3v) is 3.77. The minimum atomic E-state index is 0.569. The van der Waals surface area contributed by atoms with Gasteiger partial charge in [0.25, 0.3) is 0 Å². The van der Waals surface area contributed by atoms with Gasteiger partial charge in [0, 0.05) is 31.2 Å². The van der Waals surface area contributed by atoms with Gasteiger partial charge < -0.3 is 10.6 Å². The van der Waals surface area contributed by atoms with E-state index >= 15 is 0 Å². The van der Waals surface area contributed by atoms with Crippen molar-refractivity contribution >= 4 is 5.96 Å². The van der Waals surface area contributed by atoms with Gasteiger partial charge in [-0.3, -0.25) is 4.57 Å². The van der Waals surface area contributed by atoms with Gasteiger partial charge >= 0.3 is 0 Å². The summed E-state index contributed by atoms with van der Waals surface area (Å²) in [5.41, 5.74) is 1.09. The largest absolute Gasteiger partial charge is 0.357 e. The Labute approximate surface area is 130 Å². The maximum atomic E-state index is 4.63. The number of aliphatic imine (C=N–C) groups is 1. The topological polar surface area (TPSA) is 67.1 Å². The molecule has 3 rings (SSSR count). The van der Waals surface area contributed by atoms with Crippen LogP contribution in [0, 0.1) is 5.92 Å². The van der Waals surface area contributed by atoms with Gasteiger partial charge in [0.1, 0.15) is 12.1 Å². The maximum Gasteiger partial charge on any atom is 0.191 e. The monoisotopic (exact) mass is 298 g/mol. The highest BCUT2D eigenvalue weighted by atomic mass is 15.2. The lowest BCUT2D eigenvalue weighted by molar-refractivity contribution is 0.766. The lowest BCUT2D eigenvalue weighted by Gasteiger charge is -2.10. The highest BCUT2D eigenvalue weighted by Crippen LogP contribution is 2.28. The van der Waals surface area contributed by atoms with Crippen molar-refractivity contribution in [3.8, 4) is 5.82 Å². The molecule has 0 saturated heterocycles. The van der Waals surface area contributed by atoms with Crippen LogP contribution in [0.3, 0.4) is 0 Å². The van der Waals surface area contributed by atoms with E-state index in [1.165, 1.54) is 6.42 Å². The second kappa shape index (κ2) is 6.60. The fourth-order valence-corrected chi connectivity index (χ4v) is 2.25. The summed E-state index contributed by atoms with van der Waals surface area (Å²) in [6.07, 6.45) is 8.45. The molecule has 0 radical (unpaired) electrons. The summed E-state index contributed by atoms with van der Waals surface area (Å²) in [6, 6.07) is 4.60. The number of imidazole rings is 1. The van der Waals surface area contributed by atoms with Gasteiger partial charge in [-0.1, -0.05) is 13.0 Å². The number of rotatable bonds is 5. The summed E-state index contributed by atoms with van der Waals surface area (Å²) in [7, 11) is 0. The molecule has 22 heavy (non-hydrogen) atoms. The average Bonchev–Trinajstić information content (AvgIpc) is 3.02. The zero-order chi connectivity index (χ0) is 15.4. The Bertz CT molecular complexity index is 617. The standard InChI is InChI=1S/C16H22N6/c1-3-18-16(21-14-8-12(14)2)20-10-13-4-5-15(19-9-13)22-7-6-17-11-22/h4-7,9,11-12,14H,3,8,10H2,1-2H3,(H2,18,20,21). The van der Waals surface area contributed by atoms with Crippen molar-refractivity contribution in [1.82, 2.24) is 25.2 Å². The highest BCUT2D eigenvalue weighted by molar-refractivity contribution is 5.80. The molecule has 2 heterocycles. The number of nitrogens with one attached hydrogen (secondary N) is 2. The van der Waals surface area contributed by atoms with E-state index in [1.54, 1.807) is 12.5 Å². The molecule has 1 aliphatic carbocycles. The van der Waals surface area contributed by atoms with Crippen LogP contribution in [-0.2, 0) is 6.54 Å². The zero-order valence-electron chi connectivity index (χ0n) is 13.0. The van der Waals surface area contributed by atoms with Crippen LogP contribution >= 0.6 is 0 Å². The minimum Gasteiger partial charge on any atom is -0.357 e. The van der Waals surface area contributed by atoms with Gasteiger partial charge in [-0.2, -0.15) is 0 Å². The van der Waals surface area contributed by atoms with Gasteiger partial charge in [-0.05, 0) is 30.9 Å². The van der Waals surface area contributed by atoms with Crippen molar-refractivity contribution in [3.05, 3.63) is 42.6 Å². The van der Waals surface area contributed by atoms with Crippen molar-refractivity contribution in [2.24, 2.45) is 10.9 Å². The van der Waals surface area contributed by atoms with Crippen LogP contribution in [0.2, 0.25) is 0 Å². The summed E-state index contributed by atoms with van der Waals surface area (Å²) in [5, 5.41) is 6.74. The Morgan fingerprint density at radius 2 is 2.32 bits per heavy atom. The second-order valence-corrected chi connectivity index (χ2v) is 5.65. The van der Waals surface area contributed by atoms with Crippen LogP contribution in [0.15, 0.2) is 42.0 Å². The Morgan fingerprint density at radius 3 is 2.91 bits per heavy atom. The minimum absolute atomic E-state index is 0.569. The van der Waals surface area contributed by atoms with Crippen LogP contribution in [0.25, 0.3) is 5.82 Å².